The molecule has 1 heterocycles. The van der Waals surface area contributed by atoms with Crippen LogP contribution >= 0.6 is 31.9 Å². The van der Waals surface area contributed by atoms with Gasteiger partial charge >= 0.3 is 0 Å². The molecule has 2 aromatic carbocycles. The van der Waals surface area contributed by atoms with E-state index < -0.39 is 6.10 Å². The van der Waals surface area contributed by atoms with Crippen molar-refractivity contribution in [1.29, 1.82) is 0 Å². The van der Waals surface area contributed by atoms with Crippen LogP contribution in [0.15, 0.2) is 45.3 Å². The van der Waals surface area contributed by atoms with E-state index in [1.54, 1.807) is 0 Å². The molecule has 0 saturated carbocycles. The molecular weight excluding hydrogens is 384 g/mol. The number of rotatable bonds is 2. The Morgan fingerprint density at radius 1 is 1.10 bits per heavy atom. The zero-order chi connectivity index (χ0) is 14.1. The third-order valence-corrected chi connectivity index (χ3v) is 5.40. The molecule has 1 N–H and O–H groups in total. The normalized spacial score (nSPS) is 15.3. The van der Waals surface area contributed by atoms with E-state index in [0.717, 1.165) is 45.3 Å². The lowest BCUT2D eigenvalue weighted by Crippen LogP contribution is -2.12. The number of benzene rings is 2. The Balaban J connectivity index is 2.02. The highest BCUT2D eigenvalue weighted by molar-refractivity contribution is 9.13. The van der Waals surface area contributed by atoms with Crippen molar-refractivity contribution in [2.24, 2.45) is 0 Å². The molecule has 0 amide bonds. The molecular formula is C16H14Br2O2. The van der Waals surface area contributed by atoms with Gasteiger partial charge in [0.25, 0.3) is 0 Å². The van der Waals surface area contributed by atoms with Crippen LogP contribution in [0.4, 0.5) is 0 Å². The van der Waals surface area contributed by atoms with Gasteiger partial charge in [-0.15, -0.1) is 0 Å². The molecule has 2 nitrogen and oxygen atoms in total. The van der Waals surface area contributed by atoms with Crippen molar-refractivity contribution in [3.63, 3.8) is 0 Å². The second kappa shape index (κ2) is 5.88. The van der Waals surface area contributed by atoms with Crippen molar-refractivity contribution >= 4 is 31.9 Å². The Kier molecular flexibility index (Phi) is 4.15. The molecule has 0 aliphatic carbocycles. The van der Waals surface area contributed by atoms with Crippen LogP contribution in [0.3, 0.4) is 0 Å². The Hall–Kier alpha value is -0.840. The number of hydrogen-bond acceptors (Lipinski definition) is 2. The molecule has 0 radical (unpaired) electrons. The zero-order valence-electron chi connectivity index (χ0n) is 10.8. The van der Waals surface area contributed by atoms with Gasteiger partial charge in [-0.3, -0.25) is 0 Å². The van der Waals surface area contributed by atoms with Crippen molar-refractivity contribution < 1.29 is 9.84 Å². The fourth-order valence-corrected chi connectivity index (χ4v) is 3.13. The van der Waals surface area contributed by atoms with E-state index in [4.69, 9.17) is 4.74 Å². The second-order valence-corrected chi connectivity index (χ2v) is 6.57. The van der Waals surface area contributed by atoms with E-state index in [1.165, 1.54) is 5.56 Å². The topological polar surface area (TPSA) is 29.5 Å². The average molecular weight is 398 g/mol. The van der Waals surface area contributed by atoms with Crippen molar-refractivity contribution in [1.82, 2.24) is 0 Å². The lowest BCUT2D eigenvalue weighted by Gasteiger charge is -2.23. The van der Waals surface area contributed by atoms with E-state index in [0.29, 0.717) is 0 Å². The number of aryl methyl sites for hydroxylation is 1. The van der Waals surface area contributed by atoms with Crippen LogP contribution in [0.25, 0.3) is 0 Å². The molecule has 2 aromatic rings. The SMILES string of the molecule is OC(c1ccc(Br)c(Br)c1)c1cccc2c1OCCC2. The zero-order valence-corrected chi connectivity index (χ0v) is 13.9. The fourth-order valence-electron chi connectivity index (χ4n) is 2.49. The molecule has 4 heteroatoms. The predicted molar refractivity (Wildman–Crippen MR) is 86.2 cm³/mol. The minimum Gasteiger partial charge on any atom is -0.493 e. The summed E-state index contributed by atoms with van der Waals surface area (Å²) in [7, 11) is 0. The van der Waals surface area contributed by atoms with Crippen LogP contribution in [-0.2, 0) is 6.42 Å². The van der Waals surface area contributed by atoms with Crippen LogP contribution in [0, 0.1) is 0 Å². The number of halogens is 2. The summed E-state index contributed by atoms with van der Waals surface area (Å²) < 4.78 is 7.67. The third-order valence-electron chi connectivity index (χ3n) is 3.52. The van der Waals surface area contributed by atoms with E-state index in [-0.39, 0.29) is 0 Å². The third kappa shape index (κ3) is 2.65. The Morgan fingerprint density at radius 2 is 1.95 bits per heavy atom. The largest absolute Gasteiger partial charge is 0.493 e. The van der Waals surface area contributed by atoms with Gasteiger partial charge in [-0.2, -0.15) is 0 Å². The second-order valence-electron chi connectivity index (χ2n) is 4.86. The van der Waals surface area contributed by atoms with Crippen molar-refractivity contribution in [2.45, 2.75) is 18.9 Å². The lowest BCUT2D eigenvalue weighted by molar-refractivity contribution is 0.206. The Bertz CT molecular complexity index is 640. The smallest absolute Gasteiger partial charge is 0.128 e. The molecule has 1 aliphatic heterocycles. The first-order valence-corrected chi connectivity index (χ1v) is 8.13. The van der Waals surface area contributed by atoms with E-state index >= 15 is 0 Å². The summed E-state index contributed by atoms with van der Waals surface area (Å²) in [5, 5.41) is 10.6. The summed E-state index contributed by atoms with van der Waals surface area (Å²) in [6.45, 7) is 0.723. The number of para-hydroxylation sites is 1. The van der Waals surface area contributed by atoms with E-state index in [9.17, 15) is 5.11 Å². The first kappa shape index (κ1) is 14.1. The molecule has 1 aliphatic rings. The molecule has 0 saturated heterocycles. The van der Waals surface area contributed by atoms with Crippen LogP contribution in [-0.4, -0.2) is 11.7 Å². The highest BCUT2D eigenvalue weighted by Gasteiger charge is 2.21. The first-order valence-electron chi connectivity index (χ1n) is 6.54. The maximum atomic E-state index is 10.6. The van der Waals surface area contributed by atoms with Gasteiger partial charge in [0, 0.05) is 14.5 Å². The number of aliphatic hydroxyl groups excluding tert-OH is 1. The molecule has 0 fully saturated rings. The van der Waals surface area contributed by atoms with Gasteiger partial charge in [0.2, 0.25) is 0 Å². The van der Waals surface area contributed by atoms with E-state index in [1.807, 2.05) is 30.3 Å². The van der Waals surface area contributed by atoms with Gasteiger partial charge in [-0.1, -0.05) is 24.3 Å². The maximum Gasteiger partial charge on any atom is 0.128 e. The molecule has 104 valence electrons. The quantitative estimate of drug-likeness (QED) is 0.801. The van der Waals surface area contributed by atoms with E-state index in [2.05, 4.69) is 37.9 Å². The summed E-state index contributed by atoms with van der Waals surface area (Å²) in [5.41, 5.74) is 2.88. The van der Waals surface area contributed by atoms with Crippen LogP contribution < -0.4 is 4.74 Å². The molecule has 20 heavy (non-hydrogen) atoms. The molecule has 0 aromatic heterocycles. The summed E-state index contributed by atoms with van der Waals surface area (Å²) in [6.07, 6.45) is 1.38. The molecule has 0 spiro atoms. The van der Waals surface area contributed by atoms with Crippen LogP contribution in [0.1, 0.15) is 29.2 Å². The minimum atomic E-state index is -0.674. The number of hydrogen-bond donors (Lipinski definition) is 1. The minimum absolute atomic E-state index is 0.674. The number of ether oxygens (including phenoxy) is 1. The van der Waals surface area contributed by atoms with Gasteiger partial charge in [0.1, 0.15) is 11.9 Å². The Labute approximate surface area is 135 Å². The average Bonchev–Trinajstić information content (AvgIpc) is 2.49. The van der Waals surface area contributed by atoms with Crippen LogP contribution in [0.2, 0.25) is 0 Å². The maximum absolute atomic E-state index is 10.6. The first-order chi connectivity index (χ1) is 9.66. The predicted octanol–water partition coefficient (Wildman–Crippen LogP) is 4.62. The summed E-state index contributed by atoms with van der Waals surface area (Å²) >= 11 is 6.91. The number of aliphatic hydroxyl groups is 1. The van der Waals surface area contributed by atoms with Crippen molar-refractivity contribution in [3.8, 4) is 5.75 Å². The Morgan fingerprint density at radius 3 is 2.75 bits per heavy atom. The number of fused-ring (bicyclic) bond motifs is 1. The van der Waals surface area contributed by atoms with Crippen LogP contribution in [0.5, 0.6) is 5.75 Å². The molecule has 0 bridgehead atoms. The standard InChI is InChI=1S/C16H14Br2O2/c17-13-7-6-11(9-14(13)18)15(19)12-5-1-3-10-4-2-8-20-16(10)12/h1,3,5-7,9,15,19H,2,4,8H2. The summed E-state index contributed by atoms with van der Waals surface area (Å²) in [5.74, 6) is 0.852. The van der Waals surface area contributed by atoms with Gasteiger partial charge in [-0.05, 0) is 68.0 Å². The summed E-state index contributed by atoms with van der Waals surface area (Å²) in [6, 6.07) is 11.8. The summed E-state index contributed by atoms with van der Waals surface area (Å²) in [4.78, 5) is 0. The highest BCUT2D eigenvalue weighted by atomic mass is 79.9. The fraction of sp³-hybridized carbons (Fsp3) is 0.250. The molecule has 1 atom stereocenters. The molecule has 3 rings (SSSR count). The van der Waals surface area contributed by atoms with Crippen molar-refractivity contribution in [2.75, 3.05) is 6.61 Å². The van der Waals surface area contributed by atoms with Gasteiger partial charge in [-0.25, -0.2) is 0 Å². The van der Waals surface area contributed by atoms with Gasteiger partial charge in [0.05, 0.1) is 6.61 Å². The monoisotopic (exact) mass is 396 g/mol. The van der Waals surface area contributed by atoms with Gasteiger partial charge in [0.15, 0.2) is 0 Å². The van der Waals surface area contributed by atoms with Crippen molar-refractivity contribution in [3.05, 3.63) is 62.0 Å². The lowest BCUT2D eigenvalue weighted by atomic mass is 9.96. The molecule has 1 unspecified atom stereocenters. The van der Waals surface area contributed by atoms with Gasteiger partial charge < -0.3 is 9.84 Å². The highest BCUT2D eigenvalue weighted by Crippen LogP contribution is 2.37.